The SMILES string of the molecule is COCCOCCCN1CCCNC(C)(C)C1. The molecule has 1 N–H and O–H groups in total. The minimum absolute atomic E-state index is 0.243. The van der Waals surface area contributed by atoms with Crippen LogP contribution in [0.2, 0.25) is 0 Å². The summed E-state index contributed by atoms with van der Waals surface area (Å²) in [5.41, 5.74) is 0.243. The Morgan fingerprint density at radius 1 is 1.24 bits per heavy atom. The molecular weight excluding hydrogens is 216 g/mol. The van der Waals surface area contributed by atoms with E-state index in [0.717, 1.165) is 32.7 Å². The van der Waals surface area contributed by atoms with Gasteiger partial charge in [0.2, 0.25) is 0 Å². The number of rotatable bonds is 7. The lowest BCUT2D eigenvalue weighted by molar-refractivity contribution is 0.0645. The first-order valence-electron chi connectivity index (χ1n) is 6.68. The van der Waals surface area contributed by atoms with Gasteiger partial charge >= 0.3 is 0 Å². The lowest BCUT2D eigenvalue weighted by Crippen LogP contribution is -2.46. The normalized spacial score (nSPS) is 21.4. The third kappa shape index (κ3) is 6.99. The van der Waals surface area contributed by atoms with Gasteiger partial charge in [-0.3, -0.25) is 0 Å². The molecule has 0 unspecified atom stereocenters. The molecule has 17 heavy (non-hydrogen) atoms. The average molecular weight is 244 g/mol. The van der Waals surface area contributed by atoms with Gasteiger partial charge in [0, 0.05) is 32.3 Å². The van der Waals surface area contributed by atoms with Gasteiger partial charge in [-0.25, -0.2) is 0 Å². The molecule has 1 aliphatic heterocycles. The minimum Gasteiger partial charge on any atom is -0.382 e. The monoisotopic (exact) mass is 244 g/mol. The molecule has 1 fully saturated rings. The molecule has 102 valence electrons. The topological polar surface area (TPSA) is 33.7 Å². The number of nitrogens with one attached hydrogen (secondary N) is 1. The van der Waals surface area contributed by atoms with Crippen LogP contribution in [0.3, 0.4) is 0 Å². The average Bonchev–Trinajstić information content (AvgIpc) is 2.44. The Balaban J connectivity index is 2.09. The third-order valence-electron chi connectivity index (χ3n) is 3.07. The van der Waals surface area contributed by atoms with Crippen molar-refractivity contribution in [3.05, 3.63) is 0 Å². The maximum atomic E-state index is 5.48. The maximum Gasteiger partial charge on any atom is 0.0700 e. The van der Waals surface area contributed by atoms with Gasteiger partial charge in [0.1, 0.15) is 0 Å². The van der Waals surface area contributed by atoms with Crippen molar-refractivity contribution in [3.63, 3.8) is 0 Å². The van der Waals surface area contributed by atoms with Gasteiger partial charge in [-0.05, 0) is 39.8 Å². The van der Waals surface area contributed by atoms with Crippen molar-refractivity contribution < 1.29 is 9.47 Å². The highest BCUT2D eigenvalue weighted by atomic mass is 16.5. The van der Waals surface area contributed by atoms with E-state index in [1.165, 1.54) is 13.0 Å². The summed E-state index contributed by atoms with van der Waals surface area (Å²) < 4.78 is 10.4. The quantitative estimate of drug-likeness (QED) is 0.680. The van der Waals surface area contributed by atoms with Crippen molar-refractivity contribution in [2.75, 3.05) is 53.1 Å². The largest absolute Gasteiger partial charge is 0.382 e. The molecule has 4 heteroatoms. The van der Waals surface area contributed by atoms with Gasteiger partial charge in [-0.15, -0.1) is 0 Å². The summed E-state index contributed by atoms with van der Waals surface area (Å²) >= 11 is 0. The number of methoxy groups -OCH3 is 1. The van der Waals surface area contributed by atoms with Gasteiger partial charge in [0.15, 0.2) is 0 Å². The van der Waals surface area contributed by atoms with Gasteiger partial charge in [-0.2, -0.15) is 0 Å². The molecule has 1 rings (SSSR count). The highest BCUT2D eigenvalue weighted by Gasteiger charge is 2.23. The van der Waals surface area contributed by atoms with Gasteiger partial charge in [0.05, 0.1) is 13.2 Å². The van der Waals surface area contributed by atoms with E-state index in [1.54, 1.807) is 7.11 Å². The first kappa shape index (κ1) is 14.9. The first-order valence-corrected chi connectivity index (χ1v) is 6.68. The fraction of sp³-hybridized carbons (Fsp3) is 1.00. The van der Waals surface area contributed by atoms with E-state index >= 15 is 0 Å². The zero-order chi connectivity index (χ0) is 12.6. The van der Waals surface area contributed by atoms with Gasteiger partial charge in [-0.1, -0.05) is 0 Å². The van der Waals surface area contributed by atoms with Crippen molar-refractivity contribution in [2.24, 2.45) is 0 Å². The Labute approximate surface area is 106 Å². The fourth-order valence-electron chi connectivity index (χ4n) is 2.25. The predicted octanol–water partition coefficient (Wildman–Crippen LogP) is 1.11. The minimum atomic E-state index is 0.243. The Hall–Kier alpha value is -0.160. The van der Waals surface area contributed by atoms with Crippen LogP contribution in [0, 0.1) is 0 Å². The zero-order valence-electron chi connectivity index (χ0n) is 11.6. The number of nitrogens with zero attached hydrogens (tertiary/aromatic N) is 1. The summed E-state index contributed by atoms with van der Waals surface area (Å²) in [6.45, 7) is 11.4. The van der Waals surface area contributed by atoms with Crippen LogP contribution in [0.4, 0.5) is 0 Å². The van der Waals surface area contributed by atoms with Crippen LogP contribution < -0.4 is 5.32 Å². The first-order chi connectivity index (χ1) is 8.14. The molecule has 0 saturated carbocycles. The lowest BCUT2D eigenvalue weighted by Gasteiger charge is -2.29. The third-order valence-corrected chi connectivity index (χ3v) is 3.07. The van der Waals surface area contributed by atoms with Crippen LogP contribution in [-0.2, 0) is 9.47 Å². The summed E-state index contributed by atoms with van der Waals surface area (Å²) in [6, 6.07) is 0. The van der Waals surface area contributed by atoms with Crippen LogP contribution in [0.5, 0.6) is 0 Å². The van der Waals surface area contributed by atoms with Crippen molar-refractivity contribution in [2.45, 2.75) is 32.2 Å². The smallest absolute Gasteiger partial charge is 0.0700 e. The van der Waals surface area contributed by atoms with Crippen molar-refractivity contribution in [1.82, 2.24) is 10.2 Å². The van der Waals surface area contributed by atoms with Crippen molar-refractivity contribution in [3.8, 4) is 0 Å². The number of hydrogen-bond acceptors (Lipinski definition) is 4. The molecule has 0 radical (unpaired) electrons. The van der Waals surface area contributed by atoms with E-state index in [9.17, 15) is 0 Å². The lowest BCUT2D eigenvalue weighted by atomic mass is 10.1. The molecular formula is C13H28N2O2. The van der Waals surface area contributed by atoms with Crippen LogP contribution in [-0.4, -0.2) is 63.5 Å². The molecule has 0 aromatic rings. The molecule has 1 heterocycles. The molecule has 0 amide bonds. The fourth-order valence-corrected chi connectivity index (χ4v) is 2.25. The molecule has 4 nitrogen and oxygen atoms in total. The Morgan fingerprint density at radius 3 is 2.82 bits per heavy atom. The number of ether oxygens (including phenoxy) is 2. The predicted molar refractivity (Wildman–Crippen MR) is 70.5 cm³/mol. The van der Waals surface area contributed by atoms with E-state index < -0.39 is 0 Å². The maximum absolute atomic E-state index is 5.48. The summed E-state index contributed by atoms with van der Waals surface area (Å²) in [6.07, 6.45) is 2.35. The van der Waals surface area contributed by atoms with E-state index in [1.807, 2.05) is 0 Å². The van der Waals surface area contributed by atoms with Crippen LogP contribution in [0.1, 0.15) is 26.7 Å². The highest BCUT2D eigenvalue weighted by Crippen LogP contribution is 2.10. The van der Waals surface area contributed by atoms with E-state index in [4.69, 9.17) is 9.47 Å². The Morgan fingerprint density at radius 2 is 2.06 bits per heavy atom. The molecule has 0 atom stereocenters. The molecule has 0 aromatic heterocycles. The molecule has 1 aliphatic rings. The Kier molecular flexibility index (Phi) is 7.04. The van der Waals surface area contributed by atoms with E-state index in [-0.39, 0.29) is 5.54 Å². The van der Waals surface area contributed by atoms with E-state index in [2.05, 4.69) is 24.1 Å². The number of hydrogen-bond donors (Lipinski definition) is 1. The molecule has 0 aliphatic carbocycles. The summed E-state index contributed by atoms with van der Waals surface area (Å²) in [5.74, 6) is 0. The molecule has 1 saturated heterocycles. The Bertz CT molecular complexity index is 198. The van der Waals surface area contributed by atoms with Crippen LogP contribution in [0.15, 0.2) is 0 Å². The molecule has 0 aromatic carbocycles. The summed E-state index contributed by atoms with van der Waals surface area (Å²) in [5, 5.41) is 3.58. The van der Waals surface area contributed by atoms with Crippen LogP contribution in [0.25, 0.3) is 0 Å². The standard InChI is InChI=1S/C13H28N2O2/c1-13(2)12-15(7-4-6-14-13)8-5-9-17-11-10-16-3/h14H,4-12H2,1-3H3. The second kappa shape index (κ2) is 8.03. The molecule has 0 bridgehead atoms. The van der Waals surface area contributed by atoms with Crippen LogP contribution >= 0.6 is 0 Å². The van der Waals surface area contributed by atoms with Gasteiger partial charge < -0.3 is 19.7 Å². The summed E-state index contributed by atoms with van der Waals surface area (Å²) in [4.78, 5) is 2.54. The second-order valence-electron chi connectivity index (χ2n) is 5.40. The van der Waals surface area contributed by atoms with E-state index in [0.29, 0.717) is 13.2 Å². The van der Waals surface area contributed by atoms with Crippen molar-refractivity contribution >= 4 is 0 Å². The van der Waals surface area contributed by atoms with Crippen molar-refractivity contribution in [1.29, 1.82) is 0 Å². The highest BCUT2D eigenvalue weighted by molar-refractivity contribution is 4.84. The molecule has 0 spiro atoms. The zero-order valence-corrected chi connectivity index (χ0v) is 11.6. The summed E-state index contributed by atoms with van der Waals surface area (Å²) in [7, 11) is 1.70. The second-order valence-corrected chi connectivity index (χ2v) is 5.40. The van der Waals surface area contributed by atoms with Gasteiger partial charge in [0.25, 0.3) is 0 Å².